The summed E-state index contributed by atoms with van der Waals surface area (Å²) in [6.45, 7) is 3.12. The SMILES string of the molecule is CCCS(=O)(=O)Nc1cccc(C(=O)NCCc2cc(Cl)c3c(c2)OCCO3)c1. The molecule has 0 bridgehead atoms. The van der Waals surface area contributed by atoms with Gasteiger partial charge in [0.1, 0.15) is 13.2 Å². The predicted molar refractivity (Wildman–Crippen MR) is 113 cm³/mol. The van der Waals surface area contributed by atoms with Gasteiger partial charge in [0.05, 0.1) is 10.8 Å². The van der Waals surface area contributed by atoms with E-state index in [4.69, 9.17) is 21.1 Å². The Labute approximate surface area is 175 Å². The molecule has 3 rings (SSSR count). The van der Waals surface area contributed by atoms with Crippen LogP contribution in [-0.2, 0) is 16.4 Å². The van der Waals surface area contributed by atoms with Crippen LogP contribution in [0.3, 0.4) is 0 Å². The molecular weight excluding hydrogens is 416 g/mol. The summed E-state index contributed by atoms with van der Waals surface area (Å²) in [6.07, 6.45) is 1.07. The summed E-state index contributed by atoms with van der Waals surface area (Å²) in [5, 5.41) is 3.31. The number of fused-ring (bicyclic) bond motifs is 1. The highest BCUT2D eigenvalue weighted by molar-refractivity contribution is 7.92. The Balaban J connectivity index is 1.59. The zero-order valence-corrected chi connectivity index (χ0v) is 17.6. The molecule has 0 saturated heterocycles. The Bertz CT molecular complexity index is 994. The molecule has 0 unspecified atom stereocenters. The zero-order chi connectivity index (χ0) is 20.9. The molecule has 29 heavy (non-hydrogen) atoms. The normalized spacial score (nSPS) is 13.0. The van der Waals surface area contributed by atoms with E-state index in [1.165, 1.54) is 6.07 Å². The van der Waals surface area contributed by atoms with Gasteiger partial charge in [-0.2, -0.15) is 0 Å². The van der Waals surface area contributed by atoms with E-state index in [2.05, 4.69) is 10.0 Å². The number of nitrogens with one attached hydrogen (secondary N) is 2. The first-order chi connectivity index (χ1) is 13.9. The van der Waals surface area contributed by atoms with Crippen LogP contribution in [-0.4, -0.2) is 39.8 Å². The number of hydrogen-bond acceptors (Lipinski definition) is 5. The highest BCUT2D eigenvalue weighted by Crippen LogP contribution is 2.38. The van der Waals surface area contributed by atoms with E-state index in [0.717, 1.165) is 5.56 Å². The maximum absolute atomic E-state index is 12.4. The van der Waals surface area contributed by atoms with E-state index in [1.807, 2.05) is 6.07 Å². The first-order valence-electron chi connectivity index (χ1n) is 9.35. The molecule has 0 aromatic heterocycles. The number of halogens is 1. The van der Waals surface area contributed by atoms with Gasteiger partial charge in [-0.15, -0.1) is 0 Å². The van der Waals surface area contributed by atoms with E-state index >= 15 is 0 Å². The first-order valence-corrected chi connectivity index (χ1v) is 11.4. The van der Waals surface area contributed by atoms with Crippen molar-refractivity contribution in [2.75, 3.05) is 30.2 Å². The van der Waals surface area contributed by atoms with Gasteiger partial charge in [-0.05, 0) is 48.7 Å². The second-order valence-electron chi connectivity index (χ2n) is 6.61. The van der Waals surface area contributed by atoms with Crippen LogP contribution in [0.1, 0.15) is 29.3 Å². The number of benzene rings is 2. The molecule has 9 heteroatoms. The van der Waals surface area contributed by atoms with E-state index in [0.29, 0.717) is 60.4 Å². The highest BCUT2D eigenvalue weighted by atomic mass is 35.5. The molecule has 0 aliphatic carbocycles. The molecule has 1 heterocycles. The standard InChI is InChI=1S/C20H23ClN2O5S/c1-2-10-29(25,26)23-16-5-3-4-15(13-16)20(24)22-7-6-14-11-17(21)19-18(12-14)27-8-9-28-19/h3-5,11-13,23H,2,6-10H2,1H3,(H,22,24). The van der Waals surface area contributed by atoms with Crippen LogP contribution in [0.4, 0.5) is 5.69 Å². The molecule has 0 radical (unpaired) electrons. The van der Waals surface area contributed by atoms with Crippen LogP contribution in [0.15, 0.2) is 36.4 Å². The molecule has 0 saturated carbocycles. The molecule has 1 aliphatic rings. The number of ether oxygens (including phenoxy) is 2. The lowest BCUT2D eigenvalue weighted by molar-refractivity contribution is 0.0954. The number of sulfonamides is 1. The molecule has 0 spiro atoms. The lowest BCUT2D eigenvalue weighted by Crippen LogP contribution is -2.26. The van der Waals surface area contributed by atoms with Crippen LogP contribution in [0.25, 0.3) is 0 Å². The number of carbonyl (C=O) groups excluding carboxylic acids is 1. The van der Waals surface area contributed by atoms with E-state index in [1.54, 1.807) is 31.2 Å². The maximum atomic E-state index is 12.4. The molecule has 1 aliphatic heterocycles. The molecule has 2 N–H and O–H groups in total. The van der Waals surface area contributed by atoms with Gasteiger partial charge in [0.2, 0.25) is 10.0 Å². The lowest BCUT2D eigenvalue weighted by Gasteiger charge is -2.20. The van der Waals surface area contributed by atoms with Crippen molar-refractivity contribution in [2.24, 2.45) is 0 Å². The molecule has 1 amide bonds. The van der Waals surface area contributed by atoms with Crippen molar-refractivity contribution >= 4 is 33.2 Å². The highest BCUT2D eigenvalue weighted by Gasteiger charge is 2.17. The molecule has 0 fully saturated rings. The van der Waals surface area contributed by atoms with E-state index < -0.39 is 10.0 Å². The summed E-state index contributed by atoms with van der Waals surface area (Å²) in [4.78, 5) is 12.4. The van der Waals surface area contributed by atoms with Crippen molar-refractivity contribution < 1.29 is 22.7 Å². The monoisotopic (exact) mass is 438 g/mol. The number of amides is 1. The third kappa shape index (κ3) is 5.77. The van der Waals surface area contributed by atoms with E-state index in [-0.39, 0.29) is 11.7 Å². The fourth-order valence-electron chi connectivity index (χ4n) is 2.95. The van der Waals surface area contributed by atoms with Crippen LogP contribution >= 0.6 is 11.6 Å². The van der Waals surface area contributed by atoms with Crippen LogP contribution < -0.4 is 19.5 Å². The lowest BCUT2D eigenvalue weighted by atomic mass is 10.1. The second kappa shape index (κ2) is 9.37. The number of carbonyl (C=O) groups is 1. The van der Waals surface area contributed by atoms with Gasteiger partial charge < -0.3 is 14.8 Å². The third-order valence-electron chi connectivity index (χ3n) is 4.23. The van der Waals surface area contributed by atoms with Crippen molar-refractivity contribution in [3.8, 4) is 11.5 Å². The Morgan fingerprint density at radius 1 is 1.17 bits per heavy atom. The zero-order valence-electron chi connectivity index (χ0n) is 16.0. The Kier molecular flexibility index (Phi) is 6.87. The van der Waals surface area contributed by atoms with Gasteiger partial charge in [0, 0.05) is 17.8 Å². The summed E-state index contributed by atoms with van der Waals surface area (Å²) in [7, 11) is -3.41. The molecule has 0 atom stereocenters. The molecular formula is C20H23ClN2O5S. The average molecular weight is 439 g/mol. The summed E-state index contributed by atoms with van der Waals surface area (Å²) in [5.74, 6) is 0.900. The fourth-order valence-corrected chi connectivity index (χ4v) is 4.37. The molecule has 156 valence electrons. The minimum absolute atomic E-state index is 0.0293. The Morgan fingerprint density at radius 3 is 2.76 bits per heavy atom. The van der Waals surface area contributed by atoms with Crippen LogP contribution in [0, 0.1) is 0 Å². The Morgan fingerprint density at radius 2 is 1.97 bits per heavy atom. The summed E-state index contributed by atoms with van der Waals surface area (Å²) in [6, 6.07) is 10.1. The van der Waals surface area contributed by atoms with E-state index in [9.17, 15) is 13.2 Å². The van der Waals surface area contributed by atoms with Gasteiger partial charge in [-0.1, -0.05) is 24.6 Å². The Hall–Kier alpha value is -2.45. The number of rotatable bonds is 8. The van der Waals surface area contributed by atoms with Crippen molar-refractivity contribution in [1.29, 1.82) is 0 Å². The summed E-state index contributed by atoms with van der Waals surface area (Å²) in [5.41, 5.74) is 1.66. The summed E-state index contributed by atoms with van der Waals surface area (Å²) >= 11 is 6.23. The predicted octanol–water partition coefficient (Wildman–Crippen LogP) is 3.24. The minimum atomic E-state index is -3.41. The average Bonchev–Trinajstić information content (AvgIpc) is 2.68. The van der Waals surface area contributed by atoms with Gasteiger partial charge in [0.15, 0.2) is 11.5 Å². The smallest absolute Gasteiger partial charge is 0.251 e. The van der Waals surface area contributed by atoms with Crippen LogP contribution in [0.2, 0.25) is 5.02 Å². The van der Waals surface area contributed by atoms with Crippen molar-refractivity contribution in [3.05, 3.63) is 52.5 Å². The van der Waals surface area contributed by atoms with Crippen LogP contribution in [0.5, 0.6) is 11.5 Å². The number of anilines is 1. The summed E-state index contributed by atoms with van der Waals surface area (Å²) < 4.78 is 37.3. The molecule has 7 nitrogen and oxygen atoms in total. The topological polar surface area (TPSA) is 93.7 Å². The molecule has 2 aromatic carbocycles. The second-order valence-corrected chi connectivity index (χ2v) is 8.86. The van der Waals surface area contributed by atoms with Gasteiger partial charge in [0.25, 0.3) is 5.91 Å². The quantitative estimate of drug-likeness (QED) is 0.659. The molecule has 2 aromatic rings. The maximum Gasteiger partial charge on any atom is 0.251 e. The van der Waals surface area contributed by atoms with Crippen molar-refractivity contribution in [3.63, 3.8) is 0 Å². The third-order valence-corrected chi connectivity index (χ3v) is 6.00. The minimum Gasteiger partial charge on any atom is -0.486 e. The number of hydrogen-bond donors (Lipinski definition) is 2. The van der Waals surface area contributed by atoms with Crippen molar-refractivity contribution in [2.45, 2.75) is 19.8 Å². The fraction of sp³-hybridized carbons (Fsp3) is 0.350. The largest absolute Gasteiger partial charge is 0.486 e. The van der Waals surface area contributed by atoms with Gasteiger partial charge in [-0.3, -0.25) is 9.52 Å². The van der Waals surface area contributed by atoms with Gasteiger partial charge in [-0.25, -0.2) is 8.42 Å². The van der Waals surface area contributed by atoms with Gasteiger partial charge >= 0.3 is 0 Å². The van der Waals surface area contributed by atoms with Crippen molar-refractivity contribution in [1.82, 2.24) is 5.32 Å². The first kappa shape index (κ1) is 21.3.